The average Bonchev–Trinajstić information content (AvgIpc) is 3.12. The number of fused-ring (bicyclic) bond motifs is 5. The zero-order chi connectivity index (χ0) is 23.6. The molecule has 188 valence electrons. The predicted octanol–water partition coefficient (Wildman–Crippen LogP) is 8.86. The number of hydrogen-bond acceptors (Lipinski definition) is 2. The SMILES string of the molecule is CCCCCCCC[C@@H]1CC[C@@H]2[C@@H]3CC=C4C[C@@H](OC(=O)[C@@H](C)Cl)CC[C@]4(C)[C@H]3CC[C@]12C. The zero-order valence-corrected chi connectivity index (χ0v) is 22.6. The molecule has 0 heterocycles. The molecule has 0 aromatic carbocycles. The van der Waals surface area contributed by atoms with Crippen molar-refractivity contribution < 1.29 is 9.53 Å². The molecular weight excluding hydrogens is 428 g/mol. The lowest BCUT2D eigenvalue weighted by atomic mass is 9.47. The maximum atomic E-state index is 12.0. The Morgan fingerprint density at radius 3 is 2.58 bits per heavy atom. The average molecular weight is 477 g/mol. The Labute approximate surface area is 208 Å². The molecule has 3 fully saturated rings. The first kappa shape index (κ1) is 25.6. The largest absolute Gasteiger partial charge is 0.461 e. The first-order valence-corrected chi connectivity index (χ1v) is 14.8. The van der Waals surface area contributed by atoms with E-state index in [9.17, 15) is 4.79 Å². The highest BCUT2D eigenvalue weighted by Gasteiger charge is 2.58. The van der Waals surface area contributed by atoms with E-state index in [1.165, 1.54) is 83.5 Å². The van der Waals surface area contributed by atoms with Crippen molar-refractivity contribution in [1.29, 1.82) is 0 Å². The summed E-state index contributed by atoms with van der Waals surface area (Å²) in [5.74, 6) is 3.32. The summed E-state index contributed by atoms with van der Waals surface area (Å²) in [6.07, 6.45) is 22.7. The van der Waals surface area contributed by atoms with Gasteiger partial charge < -0.3 is 4.74 Å². The van der Waals surface area contributed by atoms with Gasteiger partial charge in [0, 0.05) is 6.42 Å². The van der Waals surface area contributed by atoms with E-state index < -0.39 is 5.38 Å². The summed E-state index contributed by atoms with van der Waals surface area (Å²) in [7, 11) is 0. The summed E-state index contributed by atoms with van der Waals surface area (Å²) in [5.41, 5.74) is 2.48. The molecule has 0 saturated heterocycles. The van der Waals surface area contributed by atoms with Crippen LogP contribution in [-0.4, -0.2) is 17.5 Å². The van der Waals surface area contributed by atoms with Gasteiger partial charge in [-0.25, -0.2) is 0 Å². The lowest BCUT2D eigenvalue weighted by Gasteiger charge is -2.58. The normalized spacial score (nSPS) is 40.9. The van der Waals surface area contributed by atoms with Gasteiger partial charge in [0.2, 0.25) is 0 Å². The van der Waals surface area contributed by atoms with Crippen LogP contribution < -0.4 is 0 Å². The number of allylic oxidation sites excluding steroid dienone is 1. The smallest absolute Gasteiger partial charge is 0.324 e. The van der Waals surface area contributed by atoms with Crippen LogP contribution in [0.4, 0.5) is 0 Å². The fourth-order valence-corrected chi connectivity index (χ4v) is 8.79. The number of unbranched alkanes of at least 4 members (excludes halogenated alkanes) is 5. The zero-order valence-electron chi connectivity index (χ0n) is 21.8. The minimum Gasteiger partial charge on any atom is -0.461 e. The molecule has 3 heteroatoms. The molecule has 8 atom stereocenters. The molecule has 0 aromatic heterocycles. The Balaban J connectivity index is 1.38. The summed E-state index contributed by atoms with van der Waals surface area (Å²) in [6.45, 7) is 9.24. The Hall–Kier alpha value is -0.500. The van der Waals surface area contributed by atoms with Crippen LogP contribution in [0.15, 0.2) is 11.6 Å². The Kier molecular flexibility index (Phi) is 8.24. The van der Waals surface area contributed by atoms with Gasteiger partial charge in [-0.3, -0.25) is 4.79 Å². The number of carbonyl (C=O) groups is 1. The van der Waals surface area contributed by atoms with Crippen molar-refractivity contribution in [2.24, 2.45) is 34.5 Å². The van der Waals surface area contributed by atoms with Crippen LogP contribution in [0, 0.1) is 34.5 Å². The van der Waals surface area contributed by atoms with E-state index in [0.29, 0.717) is 10.8 Å². The molecule has 0 bridgehead atoms. The Morgan fingerprint density at radius 1 is 1.06 bits per heavy atom. The third kappa shape index (κ3) is 5.07. The summed E-state index contributed by atoms with van der Waals surface area (Å²) >= 11 is 5.95. The number of ether oxygens (including phenoxy) is 1. The number of rotatable bonds is 9. The minimum absolute atomic E-state index is 0.0246. The number of hydrogen-bond donors (Lipinski definition) is 0. The second-order valence-electron chi connectivity index (χ2n) is 12.6. The highest BCUT2D eigenvalue weighted by molar-refractivity contribution is 6.29. The van der Waals surface area contributed by atoms with Gasteiger partial charge in [-0.05, 0) is 92.8 Å². The van der Waals surface area contributed by atoms with Gasteiger partial charge in [0.25, 0.3) is 0 Å². The van der Waals surface area contributed by atoms with Crippen molar-refractivity contribution in [3.8, 4) is 0 Å². The van der Waals surface area contributed by atoms with Crippen molar-refractivity contribution in [3.63, 3.8) is 0 Å². The van der Waals surface area contributed by atoms with Gasteiger partial charge in [-0.2, -0.15) is 0 Å². The second-order valence-corrected chi connectivity index (χ2v) is 13.2. The lowest BCUT2D eigenvalue weighted by Crippen LogP contribution is -2.50. The van der Waals surface area contributed by atoms with Crippen LogP contribution in [-0.2, 0) is 9.53 Å². The minimum atomic E-state index is -0.550. The van der Waals surface area contributed by atoms with Crippen LogP contribution in [0.1, 0.15) is 124 Å². The van der Waals surface area contributed by atoms with Crippen LogP contribution in [0.3, 0.4) is 0 Å². The van der Waals surface area contributed by atoms with Crippen molar-refractivity contribution in [2.45, 2.75) is 135 Å². The topological polar surface area (TPSA) is 26.3 Å². The van der Waals surface area contributed by atoms with E-state index >= 15 is 0 Å². The summed E-state index contributed by atoms with van der Waals surface area (Å²) in [6, 6.07) is 0. The predicted molar refractivity (Wildman–Crippen MR) is 138 cm³/mol. The summed E-state index contributed by atoms with van der Waals surface area (Å²) in [5, 5.41) is -0.550. The number of esters is 1. The van der Waals surface area contributed by atoms with E-state index in [1.807, 2.05) is 0 Å². The quantitative estimate of drug-likeness (QED) is 0.144. The molecule has 0 spiro atoms. The number of alkyl halides is 1. The van der Waals surface area contributed by atoms with E-state index in [2.05, 4.69) is 26.8 Å². The second kappa shape index (κ2) is 10.6. The standard InChI is InChI=1S/C30H49ClO2/c1-5-6-7-8-9-10-11-22-13-15-26-25-14-12-23-20-24(33-28(32)21(2)31)16-18-30(23,4)27(25)17-19-29(22,26)3/h12,21-22,24-27H,5-11,13-20H2,1-4H3/t21-,22-,24+,25+,26-,27+,29-,30+/m1/s1. The molecule has 4 aliphatic rings. The summed E-state index contributed by atoms with van der Waals surface area (Å²) in [4.78, 5) is 12.0. The highest BCUT2D eigenvalue weighted by Crippen LogP contribution is 2.66. The van der Waals surface area contributed by atoms with E-state index in [-0.39, 0.29) is 12.1 Å². The van der Waals surface area contributed by atoms with Crippen LogP contribution in [0.5, 0.6) is 0 Å². The van der Waals surface area contributed by atoms with Crippen molar-refractivity contribution in [2.75, 3.05) is 0 Å². The first-order valence-electron chi connectivity index (χ1n) is 14.3. The fraction of sp³-hybridized carbons (Fsp3) is 0.900. The third-order valence-electron chi connectivity index (χ3n) is 10.8. The van der Waals surface area contributed by atoms with Gasteiger partial charge in [0.1, 0.15) is 11.5 Å². The molecule has 3 saturated carbocycles. The molecule has 0 amide bonds. The molecule has 0 aromatic rings. The fourth-order valence-electron chi connectivity index (χ4n) is 8.74. The molecule has 0 unspecified atom stereocenters. The molecule has 2 nitrogen and oxygen atoms in total. The maximum Gasteiger partial charge on any atom is 0.324 e. The van der Waals surface area contributed by atoms with Crippen LogP contribution in [0.2, 0.25) is 0 Å². The highest BCUT2D eigenvalue weighted by atomic mass is 35.5. The molecular formula is C30H49ClO2. The monoisotopic (exact) mass is 476 g/mol. The third-order valence-corrected chi connectivity index (χ3v) is 10.9. The summed E-state index contributed by atoms with van der Waals surface area (Å²) < 4.78 is 5.74. The number of carbonyl (C=O) groups excluding carboxylic acids is 1. The lowest BCUT2D eigenvalue weighted by molar-refractivity contribution is -0.150. The molecule has 0 N–H and O–H groups in total. The van der Waals surface area contributed by atoms with E-state index in [1.54, 1.807) is 12.5 Å². The molecule has 0 aliphatic heterocycles. The van der Waals surface area contributed by atoms with Crippen molar-refractivity contribution in [3.05, 3.63) is 11.6 Å². The van der Waals surface area contributed by atoms with Crippen LogP contribution in [0.25, 0.3) is 0 Å². The van der Waals surface area contributed by atoms with Gasteiger partial charge in [0.05, 0.1) is 0 Å². The molecule has 4 aliphatic carbocycles. The molecule has 33 heavy (non-hydrogen) atoms. The van der Waals surface area contributed by atoms with Crippen molar-refractivity contribution >= 4 is 17.6 Å². The number of halogens is 1. The van der Waals surface area contributed by atoms with E-state index in [0.717, 1.165) is 36.5 Å². The van der Waals surface area contributed by atoms with Crippen molar-refractivity contribution in [1.82, 2.24) is 0 Å². The van der Waals surface area contributed by atoms with Gasteiger partial charge in [-0.15, -0.1) is 11.6 Å². The molecule has 0 radical (unpaired) electrons. The van der Waals surface area contributed by atoms with Crippen LogP contribution >= 0.6 is 11.6 Å². The van der Waals surface area contributed by atoms with Gasteiger partial charge in [-0.1, -0.05) is 70.9 Å². The first-order chi connectivity index (χ1) is 15.8. The maximum absolute atomic E-state index is 12.0. The Bertz CT molecular complexity index is 714. The van der Waals surface area contributed by atoms with Gasteiger partial charge >= 0.3 is 5.97 Å². The van der Waals surface area contributed by atoms with Gasteiger partial charge in [0.15, 0.2) is 0 Å². The van der Waals surface area contributed by atoms with E-state index in [4.69, 9.17) is 16.3 Å². The Morgan fingerprint density at radius 2 is 1.82 bits per heavy atom. The molecule has 4 rings (SSSR count).